The third kappa shape index (κ3) is 1.41. The smallest absolute Gasteiger partial charge is 0.166 e. The van der Waals surface area contributed by atoms with Crippen molar-refractivity contribution in [2.75, 3.05) is 6.61 Å². The van der Waals surface area contributed by atoms with Crippen LogP contribution in [0.15, 0.2) is 12.3 Å². The van der Waals surface area contributed by atoms with Crippen molar-refractivity contribution in [2.45, 2.75) is 25.6 Å². The Morgan fingerprint density at radius 2 is 2.40 bits per heavy atom. The van der Waals surface area contributed by atoms with Gasteiger partial charge in [0.15, 0.2) is 8.56 Å². The summed E-state index contributed by atoms with van der Waals surface area (Å²) in [6.45, 7) is 9.68. The molecule has 0 N–H and O–H groups in total. The van der Waals surface area contributed by atoms with Crippen LogP contribution < -0.4 is 0 Å². The first-order valence-electron chi connectivity index (χ1n) is 3.94. The highest BCUT2D eigenvalue weighted by atomic mass is 29.2. The van der Waals surface area contributed by atoms with Gasteiger partial charge in [-0.25, -0.2) is 0 Å². The molecule has 2 atom stereocenters. The van der Waals surface area contributed by atoms with Crippen molar-refractivity contribution in [2.24, 2.45) is 0 Å². The van der Waals surface area contributed by atoms with Gasteiger partial charge in [-0.3, -0.25) is 0 Å². The van der Waals surface area contributed by atoms with Crippen LogP contribution in [0.3, 0.4) is 0 Å². The molecule has 0 bridgehead atoms. The van der Waals surface area contributed by atoms with Gasteiger partial charge in [-0.05, 0) is 6.42 Å². The van der Waals surface area contributed by atoms with E-state index in [-0.39, 0.29) is 0 Å². The van der Waals surface area contributed by atoms with Gasteiger partial charge in [-0.15, -0.1) is 12.3 Å². The van der Waals surface area contributed by atoms with Gasteiger partial charge in [-0.2, -0.15) is 0 Å². The quantitative estimate of drug-likeness (QED) is 0.547. The summed E-state index contributed by atoms with van der Waals surface area (Å²) in [5.41, 5.74) is 2.23. The Balaban J connectivity index is 2.62. The Hall–Kier alpha value is 0.134. The van der Waals surface area contributed by atoms with E-state index in [1.54, 1.807) is 0 Å². The van der Waals surface area contributed by atoms with Gasteiger partial charge in [0.05, 0.1) is 7.59 Å². The van der Waals surface area contributed by atoms with Crippen molar-refractivity contribution in [3.05, 3.63) is 12.3 Å². The number of rotatable bonds is 1. The average molecular weight is 172 g/mol. The van der Waals surface area contributed by atoms with Crippen LogP contribution in [0, 0.1) is 0 Å². The van der Waals surface area contributed by atoms with E-state index in [0.29, 0.717) is 0 Å². The van der Waals surface area contributed by atoms with E-state index in [0.717, 1.165) is 6.61 Å². The molecule has 0 aliphatic carbocycles. The molecule has 10 heavy (non-hydrogen) atoms. The van der Waals surface area contributed by atoms with Crippen LogP contribution in [-0.4, -0.2) is 22.8 Å². The van der Waals surface area contributed by atoms with Crippen LogP contribution in [0.25, 0.3) is 0 Å². The molecular weight excluding hydrogens is 156 g/mol. The van der Waals surface area contributed by atoms with Gasteiger partial charge < -0.3 is 4.43 Å². The van der Waals surface area contributed by atoms with Gasteiger partial charge in [-0.1, -0.05) is 19.1 Å². The van der Waals surface area contributed by atoms with Gasteiger partial charge in [0.25, 0.3) is 0 Å². The van der Waals surface area contributed by atoms with Crippen molar-refractivity contribution in [3.63, 3.8) is 0 Å². The van der Waals surface area contributed by atoms with E-state index >= 15 is 0 Å². The maximum Gasteiger partial charge on any atom is 0.166 e. The Kier molecular flexibility index (Phi) is 2.49. The van der Waals surface area contributed by atoms with E-state index in [9.17, 15) is 0 Å². The Morgan fingerprint density at radius 3 is 2.80 bits per heavy atom. The largest absolute Gasteiger partial charge is 0.423 e. The summed E-state index contributed by atoms with van der Waals surface area (Å²) < 4.78 is 5.71. The lowest BCUT2D eigenvalue weighted by atomic mass is 10.5. The molecule has 0 spiro atoms. The molecule has 0 aromatic heterocycles. The van der Waals surface area contributed by atoms with Gasteiger partial charge >= 0.3 is 0 Å². The summed E-state index contributed by atoms with van der Waals surface area (Å²) in [5, 5.41) is 0. The van der Waals surface area contributed by atoms with E-state index in [4.69, 9.17) is 4.43 Å². The molecule has 1 aliphatic heterocycles. The molecule has 1 heterocycles. The topological polar surface area (TPSA) is 9.23 Å². The normalized spacial score (nSPS) is 41.2. The van der Waals surface area contributed by atoms with Crippen molar-refractivity contribution >= 4 is 16.1 Å². The molecule has 1 saturated heterocycles. The molecule has 0 radical (unpaired) electrons. The second-order valence-electron chi connectivity index (χ2n) is 3.33. The minimum atomic E-state index is -1.03. The fourth-order valence-electron chi connectivity index (χ4n) is 1.37. The number of hydrogen-bond acceptors (Lipinski definition) is 1. The fraction of sp³-hybridized carbons (Fsp3) is 0.714. The summed E-state index contributed by atoms with van der Waals surface area (Å²) in [6, 6.07) is 1.42. The van der Waals surface area contributed by atoms with E-state index < -0.39 is 16.1 Å². The van der Waals surface area contributed by atoms with Crippen LogP contribution in [-0.2, 0) is 4.43 Å². The van der Waals surface area contributed by atoms with E-state index in [1.165, 1.54) is 12.5 Å². The monoisotopic (exact) mass is 172 g/mol. The minimum absolute atomic E-state index is 0.804. The van der Waals surface area contributed by atoms with Crippen molar-refractivity contribution in [1.82, 2.24) is 0 Å². The summed E-state index contributed by atoms with van der Waals surface area (Å²) in [4.78, 5) is 0. The summed E-state index contributed by atoms with van der Waals surface area (Å²) in [5.74, 6) is 0. The second-order valence-corrected chi connectivity index (χ2v) is 15.3. The zero-order valence-electron chi connectivity index (χ0n) is 6.89. The molecule has 0 amide bonds. The second kappa shape index (κ2) is 3.02. The van der Waals surface area contributed by atoms with Crippen LogP contribution in [0.1, 0.15) is 6.42 Å². The average Bonchev–Trinajstić information content (AvgIpc) is 1.96. The Labute approximate surface area is 65.6 Å². The molecule has 58 valence electrons. The highest BCUT2D eigenvalue weighted by Crippen LogP contribution is 2.22. The van der Waals surface area contributed by atoms with Crippen molar-refractivity contribution < 1.29 is 4.43 Å². The molecule has 0 aromatic carbocycles. The van der Waals surface area contributed by atoms with Crippen LogP contribution in [0.2, 0.25) is 19.1 Å². The maximum absolute atomic E-state index is 5.71. The van der Waals surface area contributed by atoms with Gasteiger partial charge in [0.1, 0.15) is 0 Å². The summed E-state index contributed by atoms with van der Waals surface area (Å²) in [6.07, 6.45) is 1.27. The predicted molar refractivity (Wildman–Crippen MR) is 50.2 cm³/mol. The maximum atomic E-state index is 5.71. The fourth-order valence-corrected chi connectivity index (χ4v) is 8.45. The standard InChI is InChI=1S/C7H16OSi2/c1-4-10(3)7-5-6-8-9(10)2/h4,9H,1,5-7H2,2-3H3. The zero-order valence-corrected chi connectivity index (χ0v) is 9.05. The van der Waals surface area contributed by atoms with E-state index in [2.05, 4.69) is 25.4 Å². The first-order chi connectivity index (χ1) is 4.69. The van der Waals surface area contributed by atoms with Gasteiger partial charge in [0.2, 0.25) is 0 Å². The molecule has 3 heteroatoms. The van der Waals surface area contributed by atoms with Crippen LogP contribution >= 0.6 is 0 Å². The molecule has 1 nitrogen and oxygen atoms in total. The SMILES string of the molecule is C=C[Si]1(C)CCCO[SiH]1C. The molecule has 1 rings (SSSR count). The summed E-state index contributed by atoms with van der Waals surface area (Å²) >= 11 is 0. The van der Waals surface area contributed by atoms with Crippen molar-refractivity contribution in [3.8, 4) is 0 Å². The highest BCUT2D eigenvalue weighted by Gasteiger charge is 2.35. The highest BCUT2D eigenvalue weighted by molar-refractivity contribution is 7.32. The first kappa shape index (κ1) is 8.23. The van der Waals surface area contributed by atoms with E-state index in [1.807, 2.05) is 0 Å². The molecule has 1 fully saturated rings. The van der Waals surface area contributed by atoms with Crippen LogP contribution in [0.4, 0.5) is 0 Å². The zero-order chi connectivity index (χ0) is 7.61. The Bertz CT molecular complexity index is 138. The minimum Gasteiger partial charge on any atom is -0.423 e. The molecule has 0 aromatic rings. The lowest BCUT2D eigenvalue weighted by molar-refractivity contribution is 0.322. The predicted octanol–water partition coefficient (Wildman–Crippen LogP) is 1.64. The molecule has 1 aliphatic rings. The van der Waals surface area contributed by atoms with Crippen molar-refractivity contribution in [1.29, 1.82) is 0 Å². The summed E-state index contributed by atoms with van der Waals surface area (Å²) in [7, 11) is -1.84. The lowest BCUT2D eigenvalue weighted by Crippen LogP contribution is -2.50. The third-order valence-electron chi connectivity index (χ3n) is 2.62. The Morgan fingerprint density at radius 1 is 1.70 bits per heavy atom. The lowest BCUT2D eigenvalue weighted by Gasteiger charge is -2.33. The molecule has 2 unspecified atom stereocenters. The number of hydrogen-bond donors (Lipinski definition) is 0. The van der Waals surface area contributed by atoms with Crippen LogP contribution in [0.5, 0.6) is 0 Å². The third-order valence-corrected chi connectivity index (χ3v) is 15.2. The molecular formula is C7H16OSi2. The van der Waals surface area contributed by atoms with Gasteiger partial charge in [0, 0.05) is 6.61 Å². The first-order valence-corrected chi connectivity index (χ1v) is 10.2. The molecule has 0 saturated carbocycles.